The second kappa shape index (κ2) is 8.43. The number of anilines is 1. The van der Waals surface area contributed by atoms with Gasteiger partial charge in [-0.3, -0.25) is 4.79 Å². The van der Waals surface area contributed by atoms with Gasteiger partial charge in [0.15, 0.2) is 11.7 Å². The van der Waals surface area contributed by atoms with Gasteiger partial charge in [0.05, 0.1) is 6.04 Å². The Morgan fingerprint density at radius 2 is 1.81 bits per heavy atom. The summed E-state index contributed by atoms with van der Waals surface area (Å²) in [4.78, 5) is 12.6. The maximum Gasteiger partial charge on any atom is 0.410 e. The van der Waals surface area contributed by atoms with Gasteiger partial charge in [-0.05, 0) is 23.3 Å². The van der Waals surface area contributed by atoms with Crippen molar-refractivity contribution in [3.8, 4) is 0 Å². The summed E-state index contributed by atoms with van der Waals surface area (Å²) in [6, 6.07) is 13.0. The van der Waals surface area contributed by atoms with Crippen LogP contribution in [0, 0.1) is 0 Å². The summed E-state index contributed by atoms with van der Waals surface area (Å²) in [5, 5.41) is 9.97. The van der Waals surface area contributed by atoms with E-state index in [4.69, 9.17) is 23.2 Å². The van der Waals surface area contributed by atoms with Crippen molar-refractivity contribution in [2.45, 2.75) is 31.2 Å². The summed E-state index contributed by atoms with van der Waals surface area (Å²) in [6.45, 7) is 0.150. The van der Waals surface area contributed by atoms with Crippen molar-refractivity contribution < 1.29 is 18.0 Å². The Balaban J connectivity index is 1.62. The first-order valence-corrected chi connectivity index (χ1v) is 10.2. The van der Waals surface area contributed by atoms with Crippen LogP contribution in [-0.2, 0) is 6.54 Å². The molecule has 1 aliphatic heterocycles. The smallest absolute Gasteiger partial charge is 0.362 e. The van der Waals surface area contributed by atoms with Gasteiger partial charge >= 0.3 is 6.18 Å². The van der Waals surface area contributed by atoms with Crippen LogP contribution in [0.3, 0.4) is 0 Å². The van der Waals surface area contributed by atoms with Crippen LogP contribution >= 0.6 is 23.2 Å². The van der Waals surface area contributed by atoms with Gasteiger partial charge < -0.3 is 10.6 Å². The third kappa shape index (κ3) is 4.50. The molecular weight excluding hydrogens is 452 g/mol. The van der Waals surface area contributed by atoms with Gasteiger partial charge in [0.25, 0.3) is 5.91 Å². The molecule has 2 N–H and O–H groups in total. The Morgan fingerprint density at radius 1 is 1.13 bits per heavy atom. The van der Waals surface area contributed by atoms with E-state index in [-0.39, 0.29) is 29.5 Å². The second-order valence-corrected chi connectivity index (χ2v) is 7.98. The predicted molar refractivity (Wildman–Crippen MR) is 112 cm³/mol. The number of carbonyl (C=O) groups excluding carboxylic acids is 1. The number of fused-ring (bicyclic) bond motifs is 1. The number of aromatic nitrogens is 2. The molecule has 2 heterocycles. The zero-order valence-corrected chi connectivity index (χ0v) is 17.5. The minimum atomic E-state index is -4.56. The Labute approximate surface area is 186 Å². The molecule has 0 bridgehead atoms. The van der Waals surface area contributed by atoms with E-state index in [0.29, 0.717) is 10.6 Å². The minimum Gasteiger partial charge on any atom is -0.362 e. The number of hydrogen-bond acceptors (Lipinski definition) is 3. The van der Waals surface area contributed by atoms with Crippen LogP contribution in [0.15, 0.2) is 54.6 Å². The molecule has 10 heteroatoms. The zero-order valence-electron chi connectivity index (χ0n) is 16.0. The summed E-state index contributed by atoms with van der Waals surface area (Å²) < 4.78 is 42.2. The van der Waals surface area contributed by atoms with Crippen LogP contribution in [0.4, 0.5) is 19.0 Å². The maximum absolute atomic E-state index is 13.8. The lowest BCUT2D eigenvalue weighted by molar-refractivity contribution is -0.173. The third-order valence-corrected chi connectivity index (χ3v) is 5.69. The molecule has 1 aromatic heterocycles. The largest absolute Gasteiger partial charge is 0.410 e. The molecule has 5 nitrogen and oxygen atoms in total. The van der Waals surface area contributed by atoms with Crippen LogP contribution < -0.4 is 10.6 Å². The number of hydrogen-bond donors (Lipinski definition) is 2. The molecule has 0 fully saturated rings. The van der Waals surface area contributed by atoms with Gasteiger partial charge in [0.2, 0.25) is 0 Å². The summed E-state index contributed by atoms with van der Waals surface area (Å²) >= 11 is 12.2. The molecule has 3 aromatic rings. The number of halogens is 5. The minimum absolute atomic E-state index is 0.0271. The van der Waals surface area contributed by atoms with Gasteiger partial charge in [-0.15, -0.1) is 0 Å². The van der Waals surface area contributed by atoms with E-state index in [1.54, 1.807) is 54.6 Å². The molecule has 0 radical (unpaired) electrons. The normalized spacial score (nSPS) is 18.2. The number of nitrogens with zero attached hydrogens (tertiary/aromatic N) is 2. The van der Waals surface area contributed by atoms with E-state index in [0.717, 1.165) is 10.2 Å². The van der Waals surface area contributed by atoms with Gasteiger partial charge in [-0.2, -0.15) is 18.3 Å². The number of amides is 1. The summed E-state index contributed by atoms with van der Waals surface area (Å²) in [6.07, 6.45) is -4.83. The standard InChI is InChI=1S/C21H17Cl2F3N4O/c22-14-8-6-12(7-9-14)11-27-20(31)18-17(23)19-28-15(13-4-2-1-3-5-13)10-16(21(24,25)26)30(19)29-18/h1-9,15-16,28H,10-11H2,(H,27,31)/t15-,16-/m1/s1. The fraction of sp³-hybridized carbons (Fsp3) is 0.238. The van der Waals surface area contributed by atoms with E-state index in [1.807, 2.05) is 0 Å². The number of rotatable bonds is 4. The summed E-state index contributed by atoms with van der Waals surface area (Å²) in [5.74, 6) is -0.693. The zero-order chi connectivity index (χ0) is 22.2. The summed E-state index contributed by atoms with van der Waals surface area (Å²) in [7, 11) is 0. The lowest BCUT2D eigenvalue weighted by atomic mass is 9.97. The molecule has 0 aliphatic carbocycles. The monoisotopic (exact) mass is 468 g/mol. The van der Waals surface area contributed by atoms with Crippen molar-refractivity contribution in [2.24, 2.45) is 0 Å². The van der Waals surface area contributed by atoms with Gasteiger partial charge in [0, 0.05) is 18.0 Å². The molecule has 0 saturated carbocycles. The van der Waals surface area contributed by atoms with E-state index >= 15 is 0 Å². The highest BCUT2D eigenvalue weighted by Gasteiger charge is 2.47. The lowest BCUT2D eigenvalue weighted by Crippen LogP contribution is -2.35. The molecule has 0 saturated heterocycles. The van der Waals surface area contributed by atoms with E-state index in [1.165, 1.54) is 0 Å². The summed E-state index contributed by atoms with van der Waals surface area (Å²) in [5.41, 5.74) is 1.20. The van der Waals surface area contributed by atoms with Crippen molar-refractivity contribution in [1.82, 2.24) is 15.1 Å². The molecule has 0 spiro atoms. The lowest BCUT2D eigenvalue weighted by Gasteiger charge is -2.33. The average molecular weight is 469 g/mol. The fourth-order valence-electron chi connectivity index (χ4n) is 3.51. The van der Waals surface area contributed by atoms with Gasteiger partial charge in [-0.25, -0.2) is 4.68 Å². The van der Waals surface area contributed by atoms with E-state index < -0.39 is 24.2 Å². The molecular formula is C21H17Cl2F3N4O. The molecule has 31 heavy (non-hydrogen) atoms. The molecule has 2 atom stereocenters. The van der Waals surface area contributed by atoms with Crippen molar-refractivity contribution in [3.63, 3.8) is 0 Å². The van der Waals surface area contributed by atoms with Crippen LogP contribution in [-0.4, -0.2) is 21.9 Å². The highest BCUT2D eigenvalue weighted by atomic mass is 35.5. The first kappa shape index (κ1) is 21.5. The highest BCUT2D eigenvalue weighted by molar-refractivity contribution is 6.36. The number of benzene rings is 2. The Kier molecular flexibility index (Phi) is 5.85. The highest BCUT2D eigenvalue weighted by Crippen LogP contribution is 2.46. The molecule has 0 unspecified atom stereocenters. The molecule has 4 rings (SSSR count). The van der Waals surface area contributed by atoms with Crippen LogP contribution in [0.1, 0.15) is 40.1 Å². The Bertz CT molecular complexity index is 1080. The quantitative estimate of drug-likeness (QED) is 0.510. The van der Waals surface area contributed by atoms with E-state index in [9.17, 15) is 18.0 Å². The maximum atomic E-state index is 13.8. The second-order valence-electron chi connectivity index (χ2n) is 7.17. The average Bonchev–Trinajstić information content (AvgIpc) is 3.09. The van der Waals surface area contributed by atoms with Crippen LogP contribution in [0.5, 0.6) is 0 Å². The first-order chi connectivity index (χ1) is 14.7. The molecule has 1 aliphatic rings. The van der Waals surface area contributed by atoms with Crippen LogP contribution in [0.25, 0.3) is 0 Å². The number of carbonyl (C=O) groups is 1. The predicted octanol–water partition coefficient (Wildman–Crippen LogP) is 5.78. The third-order valence-electron chi connectivity index (χ3n) is 5.08. The molecule has 2 aromatic carbocycles. The topological polar surface area (TPSA) is 59.0 Å². The van der Waals surface area contributed by atoms with Crippen LogP contribution in [0.2, 0.25) is 10.0 Å². The molecule has 162 valence electrons. The Hall–Kier alpha value is -2.71. The van der Waals surface area contributed by atoms with Gasteiger partial charge in [0.1, 0.15) is 10.8 Å². The van der Waals surface area contributed by atoms with Gasteiger partial charge in [-0.1, -0.05) is 65.7 Å². The Morgan fingerprint density at radius 3 is 2.45 bits per heavy atom. The van der Waals surface area contributed by atoms with E-state index in [2.05, 4.69) is 15.7 Å². The van der Waals surface area contributed by atoms with Crippen molar-refractivity contribution in [2.75, 3.05) is 5.32 Å². The SMILES string of the molecule is O=C(NCc1ccc(Cl)cc1)c1nn2c(c1Cl)N[C@@H](c1ccccc1)C[C@@H]2C(F)(F)F. The number of nitrogens with one attached hydrogen (secondary N) is 2. The molecule has 1 amide bonds. The van der Waals surface area contributed by atoms with Crippen molar-refractivity contribution in [3.05, 3.63) is 81.5 Å². The first-order valence-electron chi connectivity index (χ1n) is 9.43. The van der Waals surface area contributed by atoms with Crippen molar-refractivity contribution in [1.29, 1.82) is 0 Å². The van der Waals surface area contributed by atoms with Crippen molar-refractivity contribution >= 4 is 34.9 Å². The fourth-order valence-corrected chi connectivity index (χ4v) is 3.90. The number of alkyl halides is 3.